The Morgan fingerprint density at radius 3 is 2.24 bits per heavy atom. The summed E-state index contributed by atoms with van der Waals surface area (Å²) in [5, 5.41) is 0. The number of benzene rings is 1. The molecule has 0 saturated heterocycles. The number of rotatable bonds is 3. The molecule has 1 N–H and O–H groups in total. The molecule has 1 fully saturated rings. The Hall–Kier alpha value is -0.00571. The van der Waals surface area contributed by atoms with Crippen molar-refractivity contribution in [2.24, 2.45) is 5.92 Å². The summed E-state index contributed by atoms with van der Waals surface area (Å²) < 4.78 is 0. The van der Waals surface area contributed by atoms with Crippen molar-refractivity contribution in [2.75, 3.05) is 0 Å². The van der Waals surface area contributed by atoms with E-state index in [9.17, 15) is 0 Å². The van der Waals surface area contributed by atoms with E-state index in [4.69, 9.17) is 0 Å². The van der Waals surface area contributed by atoms with E-state index in [0.29, 0.717) is 5.92 Å². The molecule has 0 bridgehead atoms. The molecule has 112 valence electrons. The third-order valence-corrected chi connectivity index (χ3v) is 8.26. The average molecular weight is 295 g/mol. The van der Waals surface area contributed by atoms with E-state index in [-0.39, 0.29) is 24.4 Å². The van der Waals surface area contributed by atoms with Crippen LogP contribution in [-0.2, 0) is 0 Å². The molecule has 1 nitrogen and oxygen atoms in total. The number of hydrogen-bond donors (Lipinski definition) is 1. The second kappa shape index (κ2) is 7.05. The molecule has 0 aliphatic heterocycles. The van der Waals surface area contributed by atoms with Gasteiger partial charge >= 0.3 is 18.9 Å². The Morgan fingerprint density at radius 2 is 1.71 bits per heavy atom. The summed E-state index contributed by atoms with van der Waals surface area (Å²) in [5.41, 5.74) is 2.46. The van der Waals surface area contributed by atoms with E-state index >= 15 is 0 Å². The molecule has 0 radical (unpaired) electrons. The van der Waals surface area contributed by atoms with Crippen LogP contribution < -0.4 is 23.8 Å². The van der Waals surface area contributed by atoms with Crippen LogP contribution >= 0.6 is 0 Å². The van der Waals surface area contributed by atoms with Gasteiger partial charge in [0.2, 0.25) is 0 Å². The van der Waals surface area contributed by atoms with Crippen molar-refractivity contribution in [3.05, 3.63) is 42.3 Å². The van der Waals surface area contributed by atoms with Crippen molar-refractivity contribution in [2.45, 2.75) is 64.2 Å². The van der Waals surface area contributed by atoms with Crippen LogP contribution in [-0.4, -0.2) is 13.8 Å². The van der Waals surface area contributed by atoms with E-state index in [0.717, 1.165) is 11.5 Å². The molecule has 0 heterocycles. The minimum Gasteiger partial charge on any atom is -0.334 e. The maximum Gasteiger partial charge on any atom is 1.00 e. The molecule has 1 aromatic rings. The van der Waals surface area contributed by atoms with Crippen molar-refractivity contribution in [1.29, 1.82) is 0 Å². The molecule has 2 rings (SSSR count). The van der Waals surface area contributed by atoms with Crippen LogP contribution in [0.15, 0.2) is 30.3 Å². The maximum absolute atomic E-state index is 3.95. The molecular formula is C18H30LiNSi. The van der Waals surface area contributed by atoms with Gasteiger partial charge in [-0.05, 0) is 20.8 Å². The quantitative estimate of drug-likeness (QED) is 0.664. The maximum atomic E-state index is 3.95. The Kier molecular flexibility index (Phi) is 6.39. The molecule has 0 aromatic heterocycles. The fraction of sp³-hybridized carbons (Fsp3) is 0.611. The molecule has 1 aromatic carbocycles. The fourth-order valence-electron chi connectivity index (χ4n) is 4.01. The molecule has 0 amide bonds. The van der Waals surface area contributed by atoms with Crippen molar-refractivity contribution in [3.63, 3.8) is 0 Å². The molecule has 3 heteroatoms. The van der Waals surface area contributed by atoms with Gasteiger partial charge in [0.25, 0.3) is 0 Å². The summed E-state index contributed by atoms with van der Waals surface area (Å²) in [7, 11) is -1.45. The molecule has 3 atom stereocenters. The first-order valence-electron chi connectivity index (χ1n) is 7.88. The van der Waals surface area contributed by atoms with Crippen LogP contribution in [0.25, 0.3) is 0 Å². The molecule has 0 spiro atoms. The van der Waals surface area contributed by atoms with Gasteiger partial charge in [-0.3, -0.25) is 0 Å². The van der Waals surface area contributed by atoms with E-state index in [1.165, 1.54) is 12.0 Å². The minimum atomic E-state index is -1.45. The smallest absolute Gasteiger partial charge is 0.334 e. The molecule has 1 aliphatic carbocycles. The van der Waals surface area contributed by atoms with Crippen molar-refractivity contribution in [1.82, 2.24) is 4.98 Å². The van der Waals surface area contributed by atoms with E-state index < -0.39 is 8.24 Å². The monoisotopic (exact) mass is 295 g/mol. The Morgan fingerprint density at radius 1 is 1.14 bits per heavy atom. The summed E-state index contributed by atoms with van der Waals surface area (Å²) in [6, 6.07) is 11.0. The van der Waals surface area contributed by atoms with Gasteiger partial charge in [0.05, 0.1) is 8.24 Å². The van der Waals surface area contributed by atoms with Crippen molar-refractivity contribution in [3.8, 4) is 0 Å². The Labute approximate surface area is 144 Å². The minimum absolute atomic E-state index is 0. The fourth-order valence-corrected chi connectivity index (χ4v) is 8.39. The zero-order chi connectivity index (χ0) is 15.0. The molecule has 21 heavy (non-hydrogen) atoms. The van der Waals surface area contributed by atoms with Crippen LogP contribution in [0, 0.1) is 12.3 Å². The largest absolute Gasteiger partial charge is 1.00 e. The first-order chi connectivity index (χ1) is 9.19. The number of nitrogens with one attached hydrogen (secondary N) is 1. The summed E-state index contributed by atoms with van der Waals surface area (Å²) in [5.74, 6) is 1.43. The van der Waals surface area contributed by atoms with Crippen LogP contribution in [0.4, 0.5) is 0 Å². The van der Waals surface area contributed by atoms with E-state index in [1.54, 1.807) is 0 Å². The van der Waals surface area contributed by atoms with E-state index in [2.05, 4.69) is 82.5 Å². The van der Waals surface area contributed by atoms with Gasteiger partial charge in [0.15, 0.2) is 0 Å². The normalized spacial score (nSPS) is 26.5. The van der Waals surface area contributed by atoms with Gasteiger partial charge in [0.1, 0.15) is 0 Å². The Bertz CT molecular complexity index is 438. The molecule has 3 unspecified atom stereocenters. The second-order valence-corrected chi connectivity index (χ2v) is 12.4. The summed E-state index contributed by atoms with van der Waals surface area (Å²) >= 11 is 0. The Balaban J connectivity index is 0.00000220. The van der Waals surface area contributed by atoms with Crippen LogP contribution in [0.1, 0.15) is 45.6 Å². The third kappa shape index (κ3) is 5.00. The van der Waals surface area contributed by atoms with Gasteiger partial charge in [-0.1, -0.05) is 68.3 Å². The van der Waals surface area contributed by atoms with Gasteiger partial charge in [0, 0.05) is 5.54 Å². The summed E-state index contributed by atoms with van der Waals surface area (Å²) in [6.07, 6.45) is 3.95. The zero-order valence-corrected chi connectivity index (χ0v) is 15.9. The van der Waals surface area contributed by atoms with E-state index in [1.807, 2.05) is 0 Å². The van der Waals surface area contributed by atoms with Crippen LogP contribution in [0.3, 0.4) is 0 Å². The van der Waals surface area contributed by atoms with Crippen LogP contribution in [0.2, 0.25) is 18.6 Å². The van der Waals surface area contributed by atoms with Gasteiger partial charge < -0.3 is 11.4 Å². The molecular weight excluding hydrogens is 265 g/mol. The standard InChI is InChI=1S/C18H30NSi.Li/c1-14-12-16(15-10-8-7-9-11-15)13-17(14)20(5,6)19-18(2,3)4;/h7-11,13-14,16-17,19H,12H2,1-6H3;/q-1;+1. The number of hydrogen-bond acceptors (Lipinski definition) is 1. The predicted molar refractivity (Wildman–Crippen MR) is 91.4 cm³/mol. The van der Waals surface area contributed by atoms with Gasteiger partial charge in [-0.2, -0.15) is 5.54 Å². The topological polar surface area (TPSA) is 12.0 Å². The third-order valence-electron chi connectivity index (χ3n) is 4.44. The zero-order valence-electron chi connectivity index (χ0n) is 14.9. The first kappa shape index (κ1) is 19.0. The van der Waals surface area contributed by atoms with Crippen molar-refractivity contribution < 1.29 is 18.9 Å². The first-order valence-corrected chi connectivity index (χ1v) is 11.0. The molecule has 1 aliphatic rings. The molecule has 1 saturated carbocycles. The summed E-state index contributed by atoms with van der Waals surface area (Å²) in [4.78, 5) is 3.95. The average Bonchev–Trinajstić information content (AvgIpc) is 2.70. The predicted octanol–water partition coefficient (Wildman–Crippen LogP) is 1.98. The van der Waals surface area contributed by atoms with Gasteiger partial charge in [-0.25, -0.2) is 0 Å². The van der Waals surface area contributed by atoms with Gasteiger partial charge in [-0.15, -0.1) is 5.92 Å². The van der Waals surface area contributed by atoms with Crippen LogP contribution in [0.5, 0.6) is 0 Å². The summed E-state index contributed by atoms with van der Waals surface area (Å²) in [6.45, 7) is 14.3. The second-order valence-electron chi connectivity index (χ2n) is 8.05. The SMILES string of the molecule is CC1CC(c2ccccc2)[CH-]C1[Si](C)(C)NC(C)(C)C.[Li+]. The van der Waals surface area contributed by atoms with Crippen molar-refractivity contribution >= 4 is 8.24 Å².